The summed E-state index contributed by atoms with van der Waals surface area (Å²) in [5, 5.41) is 2.48. The van der Waals surface area contributed by atoms with Crippen molar-refractivity contribution in [1.29, 1.82) is 0 Å². The smallest absolute Gasteiger partial charge is 0.321 e. The van der Waals surface area contributed by atoms with Crippen molar-refractivity contribution < 1.29 is 4.79 Å². The lowest BCUT2D eigenvalue weighted by atomic mass is 10.7. The molecule has 8 heavy (non-hydrogen) atoms. The quantitative estimate of drug-likeness (QED) is 0.467. The van der Waals surface area contributed by atoms with Gasteiger partial charge in [0.15, 0.2) is 0 Å². The van der Waals surface area contributed by atoms with E-state index in [0.717, 1.165) is 0 Å². The van der Waals surface area contributed by atoms with Gasteiger partial charge >= 0.3 is 6.03 Å². The van der Waals surface area contributed by atoms with Crippen molar-refractivity contribution in [2.45, 2.75) is 0 Å². The number of thiocarbonyl (C=S) groups is 1. The Kier molecular flexibility index (Phi) is 1.17. The van der Waals surface area contributed by atoms with Gasteiger partial charge in [-0.2, -0.15) is 0 Å². The minimum atomic E-state index is -0.102. The van der Waals surface area contributed by atoms with E-state index in [-0.39, 0.29) is 6.03 Å². The van der Waals surface area contributed by atoms with E-state index in [1.54, 1.807) is 7.05 Å². The molecule has 1 fully saturated rings. The van der Waals surface area contributed by atoms with Gasteiger partial charge in [-0.15, -0.1) is 0 Å². The SMILES string of the molecule is CN1CC(=S)NC1=O. The predicted octanol–water partition coefficient (Wildman–Crippen LogP) is -0.0312. The number of hydrogen-bond acceptors (Lipinski definition) is 2. The summed E-state index contributed by atoms with van der Waals surface area (Å²) in [4.78, 5) is 12.7. The highest BCUT2D eigenvalue weighted by Gasteiger charge is 2.18. The van der Waals surface area contributed by atoms with Gasteiger partial charge < -0.3 is 10.2 Å². The Morgan fingerprint density at radius 2 is 2.50 bits per heavy atom. The second kappa shape index (κ2) is 1.70. The maximum absolute atomic E-state index is 10.5. The summed E-state index contributed by atoms with van der Waals surface area (Å²) in [5.74, 6) is 0. The molecule has 0 radical (unpaired) electrons. The fourth-order valence-corrected chi connectivity index (χ4v) is 0.822. The first-order chi connectivity index (χ1) is 3.70. The average Bonchev–Trinajstić information content (AvgIpc) is 1.85. The van der Waals surface area contributed by atoms with Crippen LogP contribution < -0.4 is 5.32 Å². The maximum Gasteiger partial charge on any atom is 0.322 e. The maximum atomic E-state index is 10.5. The second-order valence-electron chi connectivity index (χ2n) is 1.71. The van der Waals surface area contributed by atoms with Crippen LogP contribution in [0.3, 0.4) is 0 Å². The number of amides is 2. The normalized spacial score (nSPS) is 19.4. The van der Waals surface area contributed by atoms with E-state index < -0.39 is 0 Å². The van der Waals surface area contributed by atoms with E-state index >= 15 is 0 Å². The van der Waals surface area contributed by atoms with Gasteiger partial charge in [0.2, 0.25) is 0 Å². The highest BCUT2D eigenvalue weighted by molar-refractivity contribution is 7.80. The Labute approximate surface area is 52.7 Å². The molecule has 1 aliphatic rings. The summed E-state index contributed by atoms with van der Waals surface area (Å²) in [6.07, 6.45) is 0. The Morgan fingerprint density at radius 1 is 1.88 bits per heavy atom. The largest absolute Gasteiger partial charge is 0.322 e. The van der Waals surface area contributed by atoms with Crippen molar-refractivity contribution in [1.82, 2.24) is 10.2 Å². The third kappa shape index (κ3) is 0.790. The van der Waals surface area contributed by atoms with Crippen LogP contribution in [0.1, 0.15) is 0 Å². The van der Waals surface area contributed by atoms with Crippen LogP contribution in [-0.2, 0) is 0 Å². The standard InChI is InChI=1S/C4H6N2OS/c1-6-2-3(8)5-4(6)7/h2H2,1H3,(H,5,7,8). The molecule has 0 aromatic carbocycles. The third-order valence-electron chi connectivity index (χ3n) is 0.974. The number of nitrogens with one attached hydrogen (secondary N) is 1. The Morgan fingerprint density at radius 3 is 2.62 bits per heavy atom. The summed E-state index contributed by atoms with van der Waals surface area (Å²) in [5.41, 5.74) is 0. The topological polar surface area (TPSA) is 32.3 Å². The second-order valence-corrected chi connectivity index (χ2v) is 2.20. The monoisotopic (exact) mass is 130 g/mol. The summed E-state index contributed by atoms with van der Waals surface area (Å²) < 4.78 is 0. The lowest BCUT2D eigenvalue weighted by Gasteiger charge is -2.00. The molecule has 1 saturated heterocycles. The van der Waals surface area contributed by atoms with Gasteiger partial charge in [-0.1, -0.05) is 12.2 Å². The van der Waals surface area contributed by atoms with Crippen LogP contribution in [0.5, 0.6) is 0 Å². The number of likely N-dealkylation sites (N-methyl/N-ethyl adjacent to an activating group) is 1. The Balaban J connectivity index is 2.64. The Hall–Kier alpha value is -0.640. The molecular formula is C4H6N2OS. The highest BCUT2D eigenvalue weighted by Crippen LogP contribution is 1.93. The zero-order chi connectivity index (χ0) is 6.15. The van der Waals surface area contributed by atoms with Crippen molar-refractivity contribution >= 4 is 23.2 Å². The molecule has 1 heterocycles. The molecule has 1 N–H and O–H groups in total. The molecule has 0 atom stereocenters. The number of nitrogens with zero attached hydrogens (tertiary/aromatic N) is 1. The zero-order valence-electron chi connectivity index (χ0n) is 4.47. The number of carbonyl (C=O) groups excluding carboxylic acids is 1. The van der Waals surface area contributed by atoms with Crippen molar-refractivity contribution in [3.63, 3.8) is 0 Å². The van der Waals surface area contributed by atoms with Gasteiger partial charge in [0.25, 0.3) is 0 Å². The molecule has 1 aliphatic heterocycles. The van der Waals surface area contributed by atoms with Crippen molar-refractivity contribution in [2.24, 2.45) is 0 Å². The average molecular weight is 130 g/mol. The van der Waals surface area contributed by atoms with Crippen LogP contribution in [0.2, 0.25) is 0 Å². The van der Waals surface area contributed by atoms with Crippen LogP contribution in [-0.4, -0.2) is 29.5 Å². The molecule has 44 valence electrons. The predicted molar refractivity (Wildman–Crippen MR) is 33.8 cm³/mol. The summed E-state index contributed by atoms with van der Waals surface area (Å²) >= 11 is 4.70. The fourth-order valence-electron chi connectivity index (χ4n) is 0.541. The molecule has 0 saturated carbocycles. The zero-order valence-corrected chi connectivity index (χ0v) is 5.29. The van der Waals surface area contributed by atoms with Gasteiger partial charge in [0.05, 0.1) is 6.54 Å². The minimum Gasteiger partial charge on any atom is -0.321 e. The fraction of sp³-hybridized carbons (Fsp3) is 0.500. The summed E-state index contributed by atoms with van der Waals surface area (Å²) in [6.45, 7) is 0.564. The van der Waals surface area contributed by atoms with E-state index in [1.807, 2.05) is 0 Å². The molecule has 0 unspecified atom stereocenters. The number of rotatable bonds is 0. The highest BCUT2D eigenvalue weighted by atomic mass is 32.1. The molecule has 0 aliphatic carbocycles. The molecule has 1 rings (SSSR count). The van der Waals surface area contributed by atoms with Crippen molar-refractivity contribution in [2.75, 3.05) is 13.6 Å². The first-order valence-corrected chi connectivity index (χ1v) is 2.66. The van der Waals surface area contributed by atoms with E-state index in [0.29, 0.717) is 11.5 Å². The number of carbonyl (C=O) groups is 1. The molecule has 2 amide bonds. The minimum absolute atomic E-state index is 0.102. The molecule has 3 nitrogen and oxygen atoms in total. The van der Waals surface area contributed by atoms with E-state index in [4.69, 9.17) is 12.2 Å². The lowest BCUT2D eigenvalue weighted by molar-refractivity contribution is 0.226. The van der Waals surface area contributed by atoms with Gasteiger partial charge in [0, 0.05) is 7.05 Å². The summed E-state index contributed by atoms with van der Waals surface area (Å²) in [6, 6.07) is -0.102. The van der Waals surface area contributed by atoms with Crippen LogP contribution in [0.25, 0.3) is 0 Å². The number of urea groups is 1. The van der Waals surface area contributed by atoms with Crippen LogP contribution in [0.4, 0.5) is 4.79 Å². The van der Waals surface area contributed by atoms with Gasteiger partial charge in [-0.05, 0) is 0 Å². The molecular weight excluding hydrogens is 124 g/mol. The first-order valence-electron chi connectivity index (χ1n) is 2.25. The first kappa shape index (κ1) is 5.50. The number of hydrogen-bond donors (Lipinski definition) is 1. The van der Waals surface area contributed by atoms with Gasteiger partial charge in [-0.3, -0.25) is 0 Å². The Bertz CT molecular complexity index is 145. The molecule has 0 spiro atoms. The van der Waals surface area contributed by atoms with E-state index in [9.17, 15) is 4.79 Å². The van der Waals surface area contributed by atoms with Crippen LogP contribution in [0.15, 0.2) is 0 Å². The lowest BCUT2D eigenvalue weighted by Crippen LogP contribution is -2.23. The molecule has 0 aromatic heterocycles. The van der Waals surface area contributed by atoms with E-state index in [2.05, 4.69) is 5.32 Å². The van der Waals surface area contributed by atoms with E-state index in [1.165, 1.54) is 4.90 Å². The van der Waals surface area contributed by atoms with Crippen LogP contribution >= 0.6 is 12.2 Å². The third-order valence-corrected chi connectivity index (χ3v) is 1.20. The molecule has 0 bridgehead atoms. The van der Waals surface area contributed by atoms with Crippen molar-refractivity contribution in [3.8, 4) is 0 Å². The van der Waals surface area contributed by atoms with Gasteiger partial charge in [-0.25, -0.2) is 4.79 Å². The summed E-state index contributed by atoms with van der Waals surface area (Å²) in [7, 11) is 1.70. The molecule has 4 heteroatoms. The molecule has 0 aromatic rings. The van der Waals surface area contributed by atoms with Crippen LogP contribution in [0, 0.1) is 0 Å². The van der Waals surface area contributed by atoms with Gasteiger partial charge in [0.1, 0.15) is 4.99 Å². The van der Waals surface area contributed by atoms with Crippen molar-refractivity contribution in [3.05, 3.63) is 0 Å².